The van der Waals surface area contributed by atoms with Crippen molar-refractivity contribution in [1.29, 1.82) is 0 Å². The molecule has 2 aromatic heterocycles. The smallest absolute Gasteiger partial charge is 0.237 e. The highest BCUT2D eigenvalue weighted by atomic mass is 32.2. The minimum atomic E-state index is -0.251. The molecular weight excluding hydrogens is 405 g/mol. The summed E-state index contributed by atoms with van der Waals surface area (Å²) in [5.74, 6) is 0.803. The van der Waals surface area contributed by atoms with Gasteiger partial charge in [-0.1, -0.05) is 18.7 Å². The largest absolute Gasteiger partial charge is 0.309 e. The zero-order chi connectivity index (χ0) is 20.7. The van der Waals surface area contributed by atoms with Gasteiger partial charge in [0, 0.05) is 22.0 Å². The lowest BCUT2D eigenvalue weighted by atomic mass is 9.96. The van der Waals surface area contributed by atoms with E-state index >= 15 is 0 Å². The second-order valence-electron chi connectivity index (χ2n) is 7.46. The zero-order valence-electron chi connectivity index (χ0n) is 17.1. The van der Waals surface area contributed by atoms with Crippen molar-refractivity contribution < 1.29 is 9.18 Å². The Kier molecular flexibility index (Phi) is 5.62. The molecule has 1 aliphatic rings. The number of rotatable bonds is 4. The van der Waals surface area contributed by atoms with Gasteiger partial charge in [-0.05, 0) is 69.4 Å². The van der Waals surface area contributed by atoms with Crippen molar-refractivity contribution >= 4 is 44.9 Å². The average molecular weight is 430 g/mol. The summed E-state index contributed by atoms with van der Waals surface area (Å²) in [6.45, 7) is 8.20. The van der Waals surface area contributed by atoms with Crippen molar-refractivity contribution in [2.45, 2.75) is 58.0 Å². The summed E-state index contributed by atoms with van der Waals surface area (Å²) in [5.41, 5.74) is 3.01. The summed E-state index contributed by atoms with van der Waals surface area (Å²) in [4.78, 5) is 26.5. The third kappa shape index (κ3) is 3.78. The van der Waals surface area contributed by atoms with Crippen LogP contribution in [0, 0.1) is 19.7 Å². The number of carbonyl (C=O) groups is 1. The molecule has 7 heteroatoms. The molecule has 3 heterocycles. The maximum atomic E-state index is 13.6. The number of aromatic nitrogens is 2. The molecule has 1 unspecified atom stereocenters. The molecular formula is C22H24FN3OS2. The van der Waals surface area contributed by atoms with E-state index in [1.807, 2.05) is 11.8 Å². The van der Waals surface area contributed by atoms with Crippen LogP contribution in [0.5, 0.6) is 0 Å². The second kappa shape index (κ2) is 8.03. The summed E-state index contributed by atoms with van der Waals surface area (Å²) in [6.07, 6.45) is 2.56. The van der Waals surface area contributed by atoms with Gasteiger partial charge in [0.2, 0.25) is 5.91 Å². The van der Waals surface area contributed by atoms with Crippen LogP contribution in [0.15, 0.2) is 23.2 Å². The summed E-state index contributed by atoms with van der Waals surface area (Å²) < 4.78 is 13.6. The van der Waals surface area contributed by atoms with Crippen LogP contribution in [-0.2, 0) is 17.6 Å². The van der Waals surface area contributed by atoms with Crippen LogP contribution in [0.1, 0.15) is 42.1 Å². The lowest BCUT2D eigenvalue weighted by Gasteiger charge is -2.35. The number of thiophene rings is 1. The van der Waals surface area contributed by atoms with Crippen molar-refractivity contribution in [3.05, 3.63) is 45.8 Å². The quantitative estimate of drug-likeness (QED) is 0.408. The number of amides is 1. The highest BCUT2D eigenvalue weighted by molar-refractivity contribution is 8.00. The first-order valence-corrected chi connectivity index (χ1v) is 11.7. The van der Waals surface area contributed by atoms with E-state index in [9.17, 15) is 9.18 Å². The third-order valence-electron chi connectivity index (χ3n) is 5.46. The molecule has 1 amide bonds. The van der Waals surface area contributed by atoms with Crippen LogP contribution >= 0.6 is 23.1 Å². The molecule has 29 heavy (non-hydrogen) atoms. The van der Waals surface area contributed by atoms with E-state index in [2.05, 4.69) is 30.7 Å². The number of carbonyl (C=O) groups excluding carboxylic acids is 1. The molecule has 0 spiro atoms. The minimum absolute atomic E-state index is 0.0319. The number of hydrogen-bond donors (Lipinski definition) is 0. The van der Waals surface area contributed by atoms with Gasteiger partial charge in [-0.3, -0.25) is 4.79 Å². The highest BCUT2D eigenvalue weighted by Gasteiger charge is 2.29. The van der Waals surface area contributed by atoms with E-state index in [1.54, 1.807) is 23.5 Å². The van der Waals surface area contributed by atoms with Gasteiger partial charge in [-0.2, -0.15) is 0 Å². The molecule has 4 nitrogen and oxygen atoms in total. The standard InChI is InChI=1S/C22H24FN3OS2/c1-5-17-13(3)29-22-20(17)21(24-14(4)25-22)28-11-19(27)26-12(2)6-7-15-10-16(23)8-9-18(15)26/h8-10,12H,5-7,11H2,1-4H3. The van der Waals surface area contributed by atoms with Gasteiger partial charge >= 0.3 is 0 Å². The number of hydrogen-bond acceptors (Lipinski definition) is 5. The van der Waals surface area contributed by atoms with Gasteiger partial charge in [-0.15, -0.1) is 11.3 Å². The van der Waals surface area contributed by atoms with Gasteiger partial charge in [0.15, 0.2) is 0 Å². The molecule has 3 aromatic rings. The van der Waals surface area contributed by atoms with Crippen molar-refractivity contribution in [2.75, 3.05) is 10.7 Å². The highest BCUT2D eigenvalue weighted by Crippen LogP contribution is 2.37. The van der Waals surface area contributed by atoms with E-state index in [0.29, 0.717) is 5.75 Å². The van der Waals surface area contributed by atoms with Crippen LogP contribution in [0.3, 0.4) is 0 Å². The molecule has 1 atom stereocenters. The normalized spacial score (nSPS) is 16.3. The maximum absolute atomic E-state index is 13.6. The summed E-state index contributed by atoms with van der Waals surface area (Å²) in [7, 11) is 0. The Bertz CT molecular complexity index is 1100. The lowest BCUT2D eigenvalue weighted by Crippen LogP contribution is -2.43. The van der Waals surface area contributed by atoms with Gasteiger partial charge in [0.05, 0.1) is 5.75 Å². The van der Waals surface area contributed by atoms with E-state index in [1.165, 1.54) is 28.3 Å². The molecule has 0 aliphatic carbocycles. The Hall–Kier alpha value is -1.99. The Balaban J connectivity index is 1.63. The predicted octanol–water partition coefficient (Wildman–Crippen LogP) is 5.47. The number of aryl methyl sites for hydroxylation is 4. The van der Waals surface area contributed by atoms with Crippen LogP contribution < -0.4 is 4.90 Å². The molecule has 152 valence electrons. The number of halogens is 1. The molecule has 1 aliphatic heterocycles. The van der Waals surface area contributed by atoms with Crippen LogP contribution in [0.2, 0.25) is 0 Å². The number of benzene rings is 1. The van der Waals surface area contributed by atoms with E-state index in [0.717, 1.165) is 51.6 Å². The molecule has 1 aromatic carbocycles. The summed E-state index contributed by atoms with van der Waals surface area (Å²) in [5, 5.41) is 1.97. The Morgan fingerprint density at radius 2 is 2.14 bits per heavy atom. The van der Waals surface area contributed by atoms with Gasteiger partial charge in [-0.25, -0.2) is 14.4 Å². The first-order valence-electron chi connectivity index (χ1n) is 9.89. The lowest BCUT2D eigenvalue weighted by molar-refractivity contribution is -0.116. The summed E-state index contributed by atoms with van der Waals surface area (Å²) >= 11 is 3.17. The maximum Gasteiger partial charge on any atom is 0.237 e. The molecule has 0 bridgehead atoms. The number of fused-ring (bicyclic) bond motifs is 2. The fraction of sp³-hybridized carbons (Fsp3) is 0.409. The van der Waals surface area contributed by atoms with E-state index in [4.69, 9.17) is 0 Å². The van der Waals surface area contributed by atoms with Crippen molar-refractivity contribution in [3.63, 3.8) is 0 Å². The van der Waals surface area contributed by atoms with Gasteiger partial charge < -0.3 is 4.90 Å². The topological polar surface area (TPSA) is 46.1 Å². The molecule has 0 saturated carbocycles. The molecule has 0 N–H and O–H groups in total. The van der Waals surface area contributed by atoms with Gasteiger partial charge in [0.25, 0.3) is 0 Å². The van der Waals surface area contributed by atoms with Gasteiger partial charge in [0.1, 0.15) is 21.5 Å². The van der Waals surface area contributed by atoms with Crippen LogP contribution in [-0.4, -0.2) is 27.7 Å². The first kappa shape index (κ1) is 20.3. The van der Waals surface area contributed by atoms with E-state index in [-0.39, 0.29) is 17.8 Å². The average Bonchev–Trinajstić information content (AvgIpc) is 3.00. The fourth-order valence-electron chi connectivity index (χ4n) is 4.07. The number of thioether (sulfide) groups is 1. The van der Waals surface area contributed by atoms with Crippen molar-refractivity contribution in [2.24, 2.45) is 0 Å². The monoisotopic (exact) mass is 429 g/mol. The van der Waals surface area contributed by atoms with Crippen LogP contribution in [0.25, 0.3) is 10.2 Å². The molecule has 0 saturated heterocycles. The summed E-state index contributed by atoms with van der Waals surface area (Å²) in [6, 6.07) is 4.81. The zero-order valence-corrected chi connectivity index (χ0v) is 18.7. The molecule has 4 rings (SSSR count). The molecule has 0 fully saturated rings. The van der Waals surface area contributed by atoms with Crippen molar-refractivity contribution in [1.82, 2.24) is 9.97 Å². The number of nitrogens with zero attached hydrogens (tertiary/aromatic N) is 3. The number of anilines is 1. The second-order valence-corrected chi connectivity index (χ2v) is 9.63. The SMILES string of the molecule is CCc1c(C)sc2nc(C)nc(SCC(=O)N3c4ccc(F)cc4CCC3C)c12. The molecule has 0 radical (unpaired) electrons. The first-order chi connectivity index (χ1) is 13.9. The minimum Gasteiger partial charge on any atom is -0.309 e. The Morgan fingerprint density at radius 1 is 1.34 bits per heavy atom. The third-order valence-corrected chi connectivity index (χ3v) is 7.46. The van der Waals surface area contributed by atoms with Crippen LogP contribution in [0.4, 0.5) is 10.1 Å². The Morgan fingerprint density at radius 3 is 2.90 bits per heavy atom. The van der Waals surface area contributed by atoms with Crippen molar-refractivity contribution in [3.8, 4) is 0 Å². The Labute approximate surface area is 178 Å². The predicted molar refractivity (Wildman–Crippen MR) is 119 cm³/mol. The van der Waals surface area contributed by atoms with E-state index < -0.39 is 0 Å². The fourth-order valence-corrected chi connectivity index (χ4v) is 6.25.